The molecule has 2 aromatic heterocycles. The largest absolute Gasteiger partial charge is 0.573 e. The molecule has 2 amide bonds. The monoisotopic (exact) mass is 456 g/mol. The smallest absolute Gasteiger partial charge is 0.406 e. The molecule has 6 nitrogen and oxygen atoms in total. The standard InChI is InChI=1S/C19H15F3N2O4S2/c20-19(21,22)28-13-3-1-12(2-4-13)24-18(27)17(26)23-9-14-5-6-15(30-14)16(25)11-7-8-29-10-11/h1-8,10,16,25H,9H2,(H,23,26)(H,24,27). The second-order valence-corrected chi connectivity index (χ2v) is 7.95. The predicted molar refractivity (Wildman–Crippen MR) is 106 cm³/mol. The summed E-state index contributed by atoms with van der Waals surface area (Å²) in [6, 6.07) is 9.72. The molecule has 30 heavy (non-hydrogen) atoms. The molecule has 1 atom stereocenters. The van der Waals surface area contributed by atoms with E-state index in [9.17, 15) is 27.9 Å². The summed E-state index contributed by atoms with van der Waals surface area (Å²) >= 11 is 2.78. The van der Waals surface area contributed by atoms with Crippen molar-refractivity contribution in [1.29, 1.82) is 0 Å². The second-order valence-electron chi connectivity index (χ2n) is 5.97. The number of rotatable bonds is 6. The molecule has 0 saturated carbocycles. The van der Waals surface area contributed by atoms with Gasteiger partial charge in [-0.15, -0.1) is 24.5 Å². The minimum atomic E-state index is -4.81. The van der Waals surface area contributed by atoms with E-state index in [4.69, 9.17) is 0 Å². The maximum atomic E-state index is 12.1. The molecule has 0 aliphatic heterocycles. The molecule has 1 aromatic carbocycles. The van der Waals surface area contributed by atoms with E-state index in [1.807, 2.05) is 16.8 Å². The Morgan fingerprint density at radius 2 is 1.80 bits per heavy atom. The lowest BCUT2D eigenvalue weighted by Gasteiger charge is -2.10. The van der Waals surface area contributed by atoms with Gasteiger partial charge in [0.15, 0.2) is 0 Å². The van der Waals surface area contributed by atoms with E-state index in [1.165, 1.54) is 34.8 Å². The molecule has 0 saturated heterocycles. The van der Waals surface area contributed by atoms with Crippen molar-refractivity contribution in [2.45, 2.75) is 19.0 Å². The molecule has 0 aliphatic carbocycles. The van der Waals surface area contributed by atoms with Crippen molar-refractivity contribution in [2.75, 3.05) is 5.32 Å². The lowest BCUT2D eigenvalue weighted by atomic mass is 10.2. The number of ether oxygens (including phenoxy) is 1. The fourth-order valence-electron chi connectivity index (χ4n) is 2.41. The number of thiophene rings is 2. The van der Waals surface area contributed by atoms with Gasteiger partial charge in [-0.05, 0) is 58.8 Å². The van der Waals surface area contributed by atoms with Crippen LogP contribution in [0.2, 0.25) is 0 Å². The highest BCUT2D eigenvalue weighted by Crippen LogP contribution is 2.29. The van der Waals surface area contributed by atoms with Gasteiger partial charge in [-0.25, -0.2) is 0 Å². The molecule has 3 N–H and O–H groups in total. The number of hydrogen-bond donors (Lipinski definition) is 3. The normalized spacial score (nSPS) is 12.3. The van der Waals surface area contributed by atoms with Crippen molar-refractivity contribution in [3.05, 3.63) is 68.5 Å². The van der Waals surface area contributed by atoms with Crippen molar-refractivity contribution in [3.8, 4) is 5.75 Å². The van der Waals surface area contributed by atoms with Gasteiger partial charge < -0.3 is 20.5 Å². The summed E-state index contributed by atoms with van der Waals surface area (Å²) in [6.45, 7) is 0.0889. The zero-order valence-electron chi connectivity index (χ0n) is 15.1. The molecule has 3 rings (SSSR count). The first kappa shape index (κ1) is 21.8. The van der Waals surface area contributed by atoms with Gasteiger partial charge in [-0.3, -0.25) is 9.59 Å². The third-order valence-corrected chi connectivity index (χ3v) is 5.63. The maximum Gasteiger partial charge on any atom is 0.573 e. The zero-order valence-corrected chi connectivity index (χ0v) is 16.7. The topological polar surface area (TPSA) is 87.7 Å². The summed E-state index contributed by atoms with van der Waals surface area (Å²) in [7, 11) is 0. The Balaban J connectivity index is 1.50. The van der Waals surface area contributed by atoms with E-state index < -0.39 is 30.0 Å². The number of aliphatic hydroxyl groups excluding tert-OH is 1. The minimum Gasteiger partial charge on any atom is -0.406 e. The molecule has 0 bridgehead atoms. The van der Waals surface area contributed by atoms with Gasteiger partial charge in [0.2, 0.25) is 0 Å². The summed E-state index contributed by atoms with van der Waals surface area (Å²) in [4.78, 5) is 25.4. The van der Waals surface area contributed by atoms with E-state index >= 15 is 0 Å². The van der Waals surface area contributed by atoms with Crippen LogP contribution in [0.1, 0.15) is 21.4 Å². The number of amides is 2. The fraction of sp³-hybridized carbons (Fsp3) is 0.158. The maximum absolute atomic E-state index is 12.1. The summed E-state index contributed by atoms with van der Waals surface area (Å²) in [5.41, 5.74) is 0.922. The van der Waals surface area contributed by atoms with Gasteiger partial charge in [-0.1, -0.05) is 0 Å². The number of anilines is 1. The van der Waals surface area contributed by atoms with Crippen LogP contribution in [-0.2, 0) is 16.1 Å². The number of carbonyl (C=O) groups excluding carboxylic acids is 2. The van der Waals surface area contributed by atoms with E-state index in [-0.39, 0.29) is 12.2 Å². The average Bonchev–Trinajstić information content (AvgIpc) is 3.38. The molecule has 0 spiro atoms. The van der Waals surface area contributed by atoms with Crippen LogP contribution in [0.3, 0.4) is 0 Å². The quantitative estimate of drug-likeness (QED) is 0.489. The van der Waals surface area contributed by atoms with Crippen molar-refractivity contribution < 1.29 is 32.6 Å². The van der Waals surface area contributed by atoms with Gasteiger partial charge >= 0.3 is 18.2 Å². The zero-order chi connectivity index (χ0) is 21.7. The van der Waals surface area contributed by atoms with E-state index in [0.717, 1.165) is 22.6 Å². The van der Waals surface area contributed by atoms with Crippen molar-refractivity contribution >= 4 is 40.2 Å². The van der Waals surface area contributed by atoms with Crippen LogP contribution in [0.25, 0.3) is 0 Å². The van der Waals surface area contributed by atoms with Crippen LogP contribution in [0, 0.1) is 0 Å². The van der Waals surface area contributed by atoms with Gasteiger partial charge in [-0.2, -0.15) is 11.3 Å². The Morgan fingerprint density at radius 3 is 2.43 bits per heavy atom. The van der Waals surface area contributed by atoms with Crippen LogP contribution >= 0.6 is 22.7 Å². The number of alkyl halides is 3. The highest BCUT2D eigenvalue weighted by molar-refractivity contribution is 7.12. The fourth-order valence-corrected chi connectivity index (χ4v) is 4.05. The number of carbonyl (C=O) groups is 2. The van der Waals surface area contributed by atoms with Crippen LogP contribution in [-0.4, -0.2) is 23.3 Å². The average molecular weight is 456 g/mol. The molecule has 1 unspecified atom stereocenters. The lowest BCUT2D eigenvalue weighted by Crippen LogP contribution is -2.34. The SMILES string of the molecule is O=C(NCc1ccc(C(O)c2ccsc2)s1)C(=O)Nc1ccc(OC(F)(F)F)cc1. The van der Waals surface area contributed by atoms with Crippen LogP contribution in [0.4, 0.5) is 18.9 Å². The van der Waals surface area contributed by atoms with Crippen molar-refractivity contribution in [2.24, 2.45) is 0 Å². The third kappa shape index (κ3) is 6.05. The van der Waals surface area contributed by atoms with Crippen LogP contribution < -0.4 is 15.4 Å². The van der Waals surface area contributed by atoms with Gasteiger partial charge in [0.25, 0.3) is 0 Å². The summed E-state index contributed by atoms with van der Waals surface area (Å²) < 4.78 is 40.2. The molecule has 3 aromatic rings. The summed E-state index contributed by atoms with van der Waals surface area (Å²) in [5, 5.41) is 18.8. The molecule has 158 valence electrons. The Labute approximate surface area is 176 Å². The van der Waals surface area contributed by atoms with E-state index in [1.54, 1.807) is 12.1 Å². The Kier molecular flexibility index (Phi) is 6.75. The highest BCUT2D eigenvalue weighted by Gasteiger charge is 2.31. The number of aliphatic hydroxyl groups is 1. The predicted octanol–water partition coefficient (Wildman–Crippen LogP) is 4.04. The number of halogens is 3. The van der Waals surface area contributed by atoms with Crippen LogP contribution in [0.15, 0.2) is 53.2 Å². The van der Waals surface area contributed by atoms with Gasteiger partial charge in [0, 0.05) is 15.4 Å². The number of benzene rings is 1. The van der Waals surface area contributed by atoms with E-state index in [0.29, 0.717) is 4.88 Å². The second kappa shape index (κ2) is 9.28. The molecule has 0 fully saturated rings. The first-order valence-electron chi connectivity index (χ1n) is 8.45. The first-order chi connectivity index (χ1) is 14.2. The number of nitrogens with one attached hydrogen (secondary N) is 2. The van der Waals surface area contributed by atoms with Gasteiger partial charge in [0.05, 0.1) is 6.54 Å². The molecule has 2 heterocycles. The molecule has 0 aliphatic rings. The molecular formula is C19H15F3N2O4S2. The van der Waals surface area contributed by atoms with Crippen molar-refractivity contribution in [1.82, 2.24) is 5.32 Å². The third-order valence-electron chi connectivity index (χ3n) is 3.79. The molecular weight excluding hydrogens is 441 g/mol. The lowest BCUT2D eigenvalue weighted by molar-refractivity contribution is -0.274. The van der Waals surface area contributed by atoms with Crippen molar-refractivity contribution in [3.63, 3.8) is 0 Å². The highest BCUT2D eigenvalue weighted by atomic mass is 32.1. The van der Waals surface area contributed by atoms with Crippen LogP contribution in [0.5, 0.6) is 5.75 Å². The Morgan fingerprint density at radius 1 is 1.07 bits per heavy atom. The van der Waals surface area contributed by atoms with E-state index in [2.05, 4.69) is 15.4 Å². The molecule has 11 heteroatoms. The number of hydrogen-bond acceptors (Lipinski definition) is 6. The summed E-state index contributed by atoms with van der Waals surface area (Å²) in [6.07, 6.45) is -5.57. The van der Waals surface area contributed by atoms with Gasteiger partial charge in [0.1, 0.15) is 11.9 Å². The molecule has 0 radical (unpaired) electrons. The summed E-state index contributed by atoms with van der Waals surface area (Å²) in [5.74, 6) is -2.31. The Hall–Kier alpha value is -2.89. The minimum absolute atomic E-state index is 0.0889. The first-order valence-corrected chi connectivity index (χ1v) is 10.2. The Bertz CT molecular complexity index is 1000.